The second-order valence-corrected chi connectivity index (χ2v) is 3.90. The highest BCUT2D eigenvalue weighted by Gasteiger charge is 2.14. The number of rotatable bonds is 4. The standard InChI is InChI=1S/C14H11F2NO2/c1-19-13-5-4-9(7-11(13)16)8-12(18)14-10(15)3-2-6-17-14/h2-7H,8H2,1H3. The van der Waals surface area contributed by atoms with E-state index in [-0.39, 0.29) is 17.9 Å². The summed E-state index contributed by atoms with van der Waals surface area (Å²) in [5.74, 6) is -1.64. The number of aromatic nitrogens is 1. The molecule has 0 bridgehead atoms. The van der Waals surface area contributed by atoms with Gasteiger partial charge in [-0.25, -0.2) is 8.78 Å². The molecule has 0 unspecified atom stereocenters. The van der Waals surface area contributed by atoms with Gasteiger partial charge in [0.2, 0.25) is 0 Å². The lowest BCUT2D eigenvalue weighted by Crippen LogP contribution is -2.08. The maximum absolute atomic E-state index is 13.5. The van der Waals surface area contributed by atoms with E-state index in [2.05, 4.69) is 4.98 Å². The first kappa shape index (κ1) is 13.1. The summed E-state index contributed by atoms with van der Waals surface area (Å²) in [6.45, 7) is 0. The number of methoxy groups -OCH3 is 1. The van der Waals surface area contributed by atoms with Gasteiger partial charge in [-0.2, -0.15) is 0 Å². The highest BCUT2D eigenvalue weighted by atomic mass is 19.1. The van der Waals surface area contributed by atoms with Gasteiger partial charge in [-0.1, -0.05) is 6.07 Å². The van der Waals surface area contributed by atoms with Crippen molar-refractivity contribution in [2.45, 2.75) is 6.42 Å². The van der Waals surface area contributed by atoms with E-state index in [1.54, 1.807) is 6.07 Å². The first-order valence-corrected chi connectivity index (χ1v) is 5.58. The summed E-state index contributed by atoms with van der Waals surface area (Å²) in [6, 6.07) is 6.74. The maximum atomic E-state index is 13.5. The van der Waals surface area contributed by atoms with E-state index >= 15 is 0 Å². The molecule has 0 fully saturated rings. The zero-order valence-electron chi connectivity index (χ0n) is 10.2. The quantitative estimate of drug-likeness (QED) is 0.796. The number of halogens is 2. The van der Waals surface area contributed by atoms with Crippen LogP contribution < -0.4 is 4.74 Å². The smallest absolute Gasteiger partial charge is 0.188 e. The molecule has 0 atom stereocenters. The zero-order valence-corrected chi connectivity index (χ0v) is 10.2. The van der Waals surface area contributed by atoms with Crippen molar-refractivity contribution in [2.75, 3.05) is 7.11 Å². The van der Waals surface area contributed by atoms with E-state index in [1.165, 1.54) is 31.5 Å². The minimum absolute atomic E-state index is 0.0974. The average Bonchev–Trinajstić information content (AvgIpc) is 2.39. The number of carbonyl (C=O) groups is 1. The van der Waals surface area contributed by atoms with Crippen LogP contribution in [0.15, 0.2) is 36.5 Å². The van der Waals surface area contributed by atoms with Gasteiger partial charge in [0.25, 0.3) is 0 Å². The van der Waals surface area contributed by atoms with E-state index in [4.69, 9.17) is 4.74 Å². The Labute approximate surface area is 108 Å². The van der Waals surface area contributed by atoms with Crippen molar-refractivity contribution in [1.29, 1.82) is 0 Å². The Morgan fingerprint density at radius 3 is 2.68 bits per heavy atom. The van der Waals surface area contributed by atoms with Gasteiger partial charge in [-0.05, 0) is 29.8 Å². The molecule has 3 nitrogen and oxygen atoms in total. The van der Waals surface area contributed by atoms with Crippen LogP contribution in [-0.2, 0) is 6.42 Å². The molecule has 0 N–H and O–H groups in total. The molecule has 0 amide bonds. The molecule has 0 radical (unpaired) electrons. The fourth-order valence-corrected chi connectivity index (χ4v) is 1.68. The number of Topliss-reactive ketones (excluding diaryl/α,β-unsaturated/α-hetero) is 1. The normalized spacial score (nSPS) is 10.3. The fourth-order valence-electron chi connectivity index (χ4n) is 1.68. The van der Waals surface area contributed by atoms with Crippen LogP contribution in [0.5, 0.6) is 5.75 Å². The summed E-state index contributed by atoms with van der Waals surface area (Å²) in [5, 5.41) is 0. The number of benzene rings is 1. The molecule has 98 valence electrons. The van der Waals surface area contributed by atoms with Crippen molar-refractivity contribution in [3.8, 4) is 5.75 Å². The summed E-state index contributed by atoms with van der Waals surface area (Å²) in [7, 11) is 1.35. The summed E-state index contributed by atoms with van der Waals surface area (Å²) in [4.78, 5) is 15.5. The lowest BCUT2D eigenvalue weighted by Gasteiger charge is -2.05. The lowest BCUT2D eigenvalue weighted by molar-refractivity contribution is 0.0984. The number of hydrogen-bond acceptors (Lipinski definition) is 3. The van der Waals surface area contributed by atoms with Gasteiger partial charge in [0.05, 0.1) is 7.11 Å². The molecule has 0 aliphatic rings. The van der Waals surface area contributed by atoms with Gasteiger partial charge >= 0.3 is 0 Å². The van der Waals surface area contributed by atoms with Gasteiger partial charge < -0.3 is 4.74 Å². The number of carbonyl (C=O) groups excluding carboxylic acids is 1. The molecule has 2 aromatic rings. The number of ketones is 1. The second-order valence-electron chi connectivity index (χ2n) is 3.90. The monoisotopic (exact) mass is 263 g/mol. The van der Waals surface area contributed by atoms with E-state index in [0.29, 0.717) is 5.56 Å². The SMILES string of the molecule is COc1ccc(CC(=O)c2ncccc2F)cc1F. The molecule has 1 aromatic carbocycles. The fraction of sp³-hybridized carbons (Fsp3) is 0.143. The lowest BCUT2D eigenvalue weighted by atomic mass is 10.1. The Hall–Kier alpha value is -2.30. The van der Waals surface area contributed by atoms with E-state index in [9.17, 15) is 13.6 Å². The predicted octanol–water partition coefficient (Wildman–Crippen LogP) is 2.79. The Balaban J connectivity index is 2.20. The number of hydrogen-bond donors (Lipinski definition) is 0. The average molecular weight is 263 g/mol. The van der Waals surface area contributed by atoms with Crippen LogP contribution in [0.4, 0.5) is 8.78 Å². The Bertz CT molecular complexity index is 614. The van der Waals surface area contributed by atoms with Gasteiger partial charge in [0.1, 0.15) is 5.69 Å². The third kappa shape index (κ3) is 2.93. The topological polar surface area (TPSA) is 39.2 Å². The molecule has 0 aliphatic carbocycles. The van der Waals surface area contributed by atoms with E-state index < -0.39 is 17.4 Å². The van der Waals surface area contributed by atoms with Crippen molar-refractivity contribution in [2.24, 2.45) is 0 Å². The second kappa shape index (κ2) is 5.56. The molecule has 0 saturated carbocycles. The van der Waals surface area contributed by atoms with Crippen LogP contribution in [0.2, 0.25) is 0 Å². The molecule has 0 saturated heterocycles. The van der Waals surface area contributed by atoms with Gasteiger partial charge in [0.15, 0.2) is 23.2 Å². The molecule has 0 aliphatic heterocycles. The predicted molar refractivity (Wildman–Crippen MR) is 65.2 cm³/mol. The van der Waals surface area contributed by atoms with Crippen LogP contribution in [-0.4, -0.2) is 17.9 Å². The Morgan fingerprint density at radius 2 is 2.05 bits per heavy atom. The maximum Gasteiger partial charge on any atom is 0.188 e. The van der Waals surface area contributed by atoms with Crippen molar-refractivity contribution in [3.05, 3.63) is 59.4 Å². The van der Waals surface area contributed by atoms with Crippen LogP contribution in [0.25, 0.3) is 0 Å². The molecule has 5 heteroatoms. The van der Waals surface area contributed by atoms with E-state index in [1.807, 2.05) is 0 Å². The van der Waals surface area contributed by atoms with Gasteiger partial charge in [0, 0.05) is 12.6 Å². The largest absolute Gasteiger partial charge is 0.494 e. The summed E-state index contributed by atoms with van der Waals surface area (Å²) in [5.41, 5.74) is 0.201. The Kier molecular flexibility index (Phi) is 3.85. The summed E-state index contributed by atoms with van der Waals surface area (Å²) in [6.07, 6.45) is 1.22. The minimum Gasteiger partial charge on any atom is -0.494 e. The first-order chi connectivity index (χ1) is 9.11. The van der Waals surface area contributed by atoms with Crippen molar-refractivity contribution in [1.82, 2.24) is 4.98 Å². The molecule has 1 heterocycles. The third-order valence-electron chi connectivity index (χ3n) is 2.60. The van der Waals surface area contributed by atoms with Crippen LogP contribution in [0.1, 0.15) is 16.1 Å². The molecular formula is C14H11F2NO2. The zero-order chi connectivity index (χ0) is 13.8. The molecule has 2 rings (SSSR count). The van der Waals surface area contributed by atoms with Crippen molar-refractivity contribution in [3.63, 3.8) is 0 Å². The van der Waals surface area contributed by atoms with Gasteiger partial charge in [-0.3, -0.25) is 9.78 Å². The van der Waals surface area contributed by atoms with Crippen LogP contribution in [0.3, 0.4) is 0 Å². The van der Waals surface area contributed by atoms with E-state index in [0.717, 1.165) is 6.07 Å². The molecular weight excluding hydrogens is 252 g/mol. The summed E-state index contributed by atoms with van der Waals surface area (Å²) >= 11 is 0. The number of nitrogens with zero attached hydrogens (tertiary/aromatic N) is 1. The highest BCUT2D eigenvalue weighted by molar-refractivity contribution is 5.95. The third-order valence-corrected chi connectivity index (χ3v) is 2.60. The highest BCUT2D eigenvalue weighted by Crippen LogP contribution is 2.19. The van der Waals surface area contributed by atoms with Crippen molar-refractivity contribution >= 4 is 5.78 Å². The molecule has 0 spiro atoms. The van der Waals surface area contributed by atoms with Crippen LogP contribution in [0, 0.1) is 11.6 Å². The van der Waals surface area contributed by atoms with Crippen molar-refractivity contribution < 1.29 is 18.3 Å². The number of ether oxygens (including phenoxy) is 1. The first-order valence-electron chi connectivity index (χ1n) is 5.58. The minimum atomic E-state index is -0.679. The Morgan fingerprint density at radius 1 is 1.26 bits per heavy atom. The number of pyridine rings is 1. The van der Waals surface area contributed by atoms with Crippen LogP contribution >= 0.6 is 0 Å². The molecule has 19 heavy (non-hydrogen) atoms. The van der Waals surface area contributed by atoms with Gasteiger partial charge in [-0.15, -0.1) is 0 Å². The summed E-state index contributed by atoms with van der Waals surface area (Å²) < 4.78 is 31.6. The molecule has 1 aromatic heterocycles.